The molecule has 5 heteroatoms. The van der Waals surface area contributed by atoms with E-state index in [-0.39, 0.29) is 0 Å². The van der Waals surface area contributed by atoms with E-state index < -0.39 is 0 Å². The quantitative estimate of drug-likeness (QED) is 0.738. The number of benzene rings is 1. The van der Waals surface area contributed by atoms with E-state index in [4.69, 9.17) is 13.7 Å². The van der Waals surface area contributed by atoms with Crippen LogP contribution in [0.25, 0.3) is 11.3 Å². The molecule has 3 heterocycles. The van der Waals surface area contributed by atoms with Crippen molar-refractivity contribution in [2.75, 3.05) is 13.7 Å². The lowest BCUT2D eigenvalue weighted by Crippen LogP contribution is -2.29. The Morgan fingerprint density at radius 1 is 1.26 bits per heavy atom. The third-order valence-corrected chi connectivity index (χ3v) is 4.21. The first-order chi connectivity index (χ1) is 11.3. The molecule has 2 aromatic heterocycles. The molecule has 1 aliphatic rings. The van der Waals surface area contributed by atoms with Crippen molar-refractivity contribution in [2.45, 2.75) is 19.5 Å². The Morgan fingerprint density at radius 2 is 2.22 bits per heavy atom. The molecule has 0 atom stereocenters. The zero-order chi connectivity index (χ0) is 15.6. The number of ether oxygens (including phenoxy) is 1. The number of methoxy groups -OCH3 is 1. The van der Waals surface area contributed by atoms with Crippen molar-refractivity contribution in [1.82, 2.24) is 10.1 Å². The number of hydrogen-bond donors (Lipinski definition) is 0. The van der Waals surface area contributed by atoms with Gasteiger partial charge in [-0.05, 0) is 24.3 Å². The molecule has 0 unspecified atom stereocenters. The maximum atomic E-state index is 5.56. The van der Waals surface area contributed by atoms with Gasteiger partial charge in [0, 0.05) is 30.6 Å². The molecule has 23 heavy (non-hydrogen) atoms. The van der Waals surface area contributed by atoms with Crippen LogP contribution in [-0.2, 0) is 19.5 Å². The van der Waals surface area contributed by atoms with Crippen molar-refractivity contribution in [1.29, 1.82) is 0 Å². The normalized spacial score (nSPS) is 14.7. The van der Waals surface area contributed by atoms with Gasteiger partial charge in [-0.1, -0.05) is 17.3 Å². The molecule has 118 valence electrons. The van der Waals surface area contributed by atoms with E-state index in [0.29, 0.717) is 0 Å². The monoisotopic (exact) mass is 310 g/mol. The van der Waals surface area contributed by atoms with Crippen LogP contribution in [0.3, 0.4) is 0 Å². The van der Waals surface area contributed by atoms with Crippen LogP contribution in [0.5, 0.6) is 5.75 Å². The Hall–Kier alpha value is -2.53. The third kappa shape index (κ3) is 2.75. The van der Waals surface area contributed by atoms with Crippen molar-refractivity contribution in [2.24, 2.45) is 0 Å². The van der Waals surface area contributed by atoms with Gasteiger partial charge < -0.3 is 13.7 Å². The van der Waals surface area contributed by atoms with Gasteiger partial charge in [-0.3, -0.25) is 4.90 Å². The van der Waals surface area contributed by atoms with Gasteiger partial charge >= 0.3 is 0 Å². The smallest absolute Gasteiger partial charge is 0.143 e. The number of aromatic nitrogens is 1. The molecule has 0 fully saturated rings. The predicted octanol–water partition coefficient (Wildman–Crippen LogP) is 3.50. The summed E-state index contributed by atoms with van der Waals surface area (Å²) in [5.41, 5.74) is 3.09. The van der Waals surface area contributed by atoms with Crippen molar-refractivity contribution in [3.63, 3.8) is 0 Å². The van der Waals surface area contributed by atoms with E-state index in [9.17, 15) is 0 Å². The zero-order valence-corrected chi connectivity index (χ0v) is 13.0. The van der Waals surface area contributed by atoms with Gasteiger partial charge in [0.15, 0.2) is 0 Å². The van der Waals surface area contributed by atoms with Gasteiger partial charge in [0.25, 0.3) is 0 Å². The summed E-state index contributed by atoms with van der Waals surface area (Å²) in [6, 6.07) is 11.9. The highest BCUT2D eigenvalue weighted by molar-refractivity contribution is 5.65. The van der Waals surface area contributed by atoms with Crippen LogP contribution in [0, 0.1) is 0 Å². The van der Waals surface area contributed by atoms with Gasteiger partial charge in [0.2, 0.25) is 0 Å². The van der Waals surface area contributed by atoms with Crippen molar-refractivity contribution in [3.8, 4) is 17.0 Å². The average molecular weight is 310 g/mol. The standard InChI is InChI=1S/C18H18N2O3/c1-21-14-5-2-4-13(10-14)18-16-12-20(8-7-17(16)23-19-18)11-15-6-3-9-22-15/h2-6,9-10H,7-8,11-12H2,1H3. The lowest BCUT2D eigenvalue weighted by Gasteiger charge is -2.25. The second-order valence-electron chi connectivity index (χ2n) is 5.70. The highest BCUT2D eigenvalue weighted by Crippen LogP contribution is 2.32. The van der Waals surface area contributed by atoms with E-state index in [1.807, 2.05) is 36.4 Å². The minimum atomic E-state index is 0.801. The molecule has 0 bridgehead atoms. The van der Waals surface area contributed by atoms with Gasteiger partial charge in [0.1, 0.15) is 23.0 Å². The predicted molar refractivity (Wildman–Crippen MR) is 85.0 cm³/mol. The molecule has 0 amide bonds. The molecular formula is C18H18N2O3. The fourth-order valence-electron chi connectivity index (χ4n) is 3.02. The lowest BCUT2D eigenvalue weighted by atomic mass is 10.0. The minimum absolute atomic E-state index is 0.801. The Balaban J connectivity index is 1.61. The molecule has 0 saturated heterocycles. The van der Waals surface area contributed by atoms with Crippen LogP contribution in [0.2, 0.25) is 0 Å². The summed E-state index contributed by atoms with van der Waals surface area (Å²) in [7, 11) is 1.67. The summed E-state index contributed by atoms with van der Waals surface area (Å²) >= 11 is 0. The number of nitrogens with zero attached hydrogens (tertiary/aromatic N) is 2. The Morgan fingerprint density at radius 3 is 3.04 bits per heavy atom. The molecule has 3 aromatic rings. The van der Waals surface area contributed by atoms with Gasteiger partial charge in [-0.25, -0.2) is 0 Å². The Kier molecular flexibility index (Phi) is 3.63. The summed E-state index contributed by atoms with van der Waals surface area (Å²) in [6.07, 6.45) is 2.58. The highest BCUT2D eigenvalue weighted by atomic mass is 16.5. The summed E-state index contributed by atoms with van der Waals surface area (Å²) in [5.74, 6) is 2.79. The second kappa shape index (κ2) is 5.93. The molecule has 1 aromatic carbocycles. The fraction of sp³-hybridized carbons (Fsp3) is 0.278. The van der Waals surface area contributed by atoms with E-state index in [1.165, 1.54) is 0 Å². The molecule has 0 N–H and O–H groups in total. The second-order valence-corrected chi connectivity index (χ2v) is 5.70. The molecule has 0 radical (unpaired) electrons. The lowest BCUT2D eigenvalue weighted by molar-refractivity contribution is 0.212. The molecule has 0 saturated carbocycles. The third-order valence-electron chi connectivity index (χ3n) is 4.21. The minimum Gasteiger partial charge on any atom is -0.497 e. The number of rotatable bonds is 4. The first kappa shape index (κ1) is 14.1. The van der Waals surface area contributed by atoms with Gasteiger partial charge in [-0.2, -0.15) is 0 Å². The number of hydrogen-bond acceptors (Lipinski definition) is 5. The summed E-state index contributed by atoms with van der Waals surface area (Å²) < 4.78 is 16.3. The topological polar surface area (TPSA) is 51.6 Å². The van der Waals surface area contributed by atoms with Crippen LogP contribution in [0.15, 0.2) is 51.6 Å². The number of fused-ring (bicyclic) bond motifs is 1. The molecule has 0 aliphatic carbocycles. The van der Waals surface area contributed by atoms with Crippen LogP contribution < -0.4 is 4.74 Å². The molecule has 1 aliphatic heterocycles. The van der Waals surface area contributed by atoms with E-state index in [0.717, 1.165) is 60.1 Å². The van der Waals surface area contributed by atoms with E-state index in [1.54, 1.807) is 13.4 Å². The van der Waals surface area contributed by atoms with Crippen LogP contribution in [0.1, 0.15) is 17.1 Å². The Bertz CT molecular complexity index is 792. The van der Waals surface area contributed by atoms with Crippen LogP contribution >= 0.6 is 0 Å². The summed E-state index contributed by atoms with van der Waals surface area (Å²) in [6.45, 7) is 2.56. The van der Waals surface area contributed by atoms with Gasteiger partial charge in [0.05, 0.1) is 19.9 Å². The first-order valence-corrected chi connectivity index (χ1v) is 7.70. The van der Waals surface area contributed by atoms with Crippen LogP contribution in [-0.4, -0.2) is 23.7 Å². The van der Waals surface area contributed by atoms with Crippen LogP contribution in [0.4, 0.5) is 0 Å². The highest BCUT2D eigenvalue weighted by Gasteiger charge is 2.25. The number of furan rings is 1. The zero-order valence-electron chi connectivity index (χ0n) is 13.0. The van der Waals surface area contributed by atoms with Crippen molar-refractivity contribution < 1.29 is 13.7 Å². The first-order valence-electron chi connectivity index (χ1n) is 7.70. The fourth-order valence-corrected chi connectivity index (χ4v) is 3.02. The van der Waals surface area contributed by atoms with Crippen molar-refractivity contribution in [3.05, 3.63) is 59.7 Å². The maximum Gasteiger partial charge on any atom is 0.143 e. The maximum absolute atomic E-state index is 5.56. The molecule has 5 nitrogen and oxygen atoms in total. The molecule has 4 rings (SSSR count). The van der Waals surface area contributed by atoms with E-state index in [2.05, 4.69) is 10.1 Å². The SMILES string of the molecule is COc1cccc(-c2noc3c2CN(Cc2ccco2)CC3)c1. The van der Waals surface area contributed by atoms with E-state index >= 15 is 0 Å². The summed E-state index contributed by atoms with van der Waals surface area (Å²) in [4.78, 5) is 2.35. The molecule has 0 spiro atoms. The average Bonchev–Trinajstić information content (AvgIpc) is 3.24. The van der Waals surface area contributed by atoms with Gasteiger partial charge in [-0.15, -0.1) is 0 Å². The molecular weight excluding hydrogens is 292 g/mol. The van der Waals surface area contributed by atoms with Crippen molar-refractivity contribution >= 4 is 0 Å². The largest absolute Gasteiger partial charge is 0.497 e. The summed E-state index contributed by atoms with van der Waals surface area (Å²) in [5, 5.41) is 4.29. The Labute approximate surface area is 134 Å².